The summed E-state index contributed by atoms with van der Waals surface area (Å²) in [5.41, 5.74) is 0. The molecule has 16 heavy (non-hydrogen) atoms. The van der Waals surface area contributed by atoms with Gasteiger partial charge in [-0.05, 0) is 6.42 Å². The van der Waals surface area contributed by atoms with Gasteiger partial charge in [-0.25, -0.2) is 15.0 Å². The van der Waals surface area contributed by atoms with Crippen LogP contribution < -0.4 is 5.32 Å². The van der Waals surface area contributed by atoms with Crippen LogP contribution in [0.4, 0.5) is 10.2 Å². The average Bonchev–Trinajstić information content (AvgIpc) is 2.79. The molecule has 0 spiro atoms. The average molecular weight is 221 g/mol. The van der Waals surface area contributed by atoms with Crippen molar-refractivity contribution in [3.05, 3.63) is 36.6 Å². The molecule has 0 aliphatic carbocycles. The van der Waals surface area contributed by atoms with Crippen molar-refractivity contribution in [2.75, 3.05) is 5.32 Å². The fraction of sp³-hybridized carbons (Fsp3) is 0.300. The Morgan fingerprint density at radius 2 is 2.31 bits per heavy atom. The minimum Gasteiger partial charge on any atom is -0.360 e. The van der Waals surface area contributed by atoms with E-state index in [1.54, 1.807) is 12.4 Å². The molecule has 1 atom stereocenters. The van der Waals surface area contributed by atoms with Crippen LogP contribution in [0.5, 0.6) is 0 Å². The van der Waals surface area contributed by atoms with E-state index >= 15 is 0 Å². The highest BCUT2D eigenvalue weighted by Gasteiger charge is 2.12. The van der Waals surface area contributed by atoms with Crippen LogP contribution in [0.3, 0.4) is 0 Å². The van der Waals surface area contributed by atoms with Crippen molar-refractivity contribution in [2.24, 2.45) is 0 Å². The molecule has 6 heteroatoms. The molecule has 2 N–H and O–H groups in total. The van der Waals surface area contributed by atoms with E-state index in [0.717, 1.165) is 12.2 Å². The van der Waals surface area contributed by atoms with Gasteiger partial charge >= 0.3 is 0 Å². The summed E-state index contributed by atoms with van der Waals surface area (Å²) in [5.74, 6) is 0.712. The summed E-state index contributed by atoms with van der Waals surface area (Å²) >= 11 is 0. The van der Waals surface area contributed by atoms with E-state index in [2.05, 4.69) is 25.3 Å². The Bertz CT molecular complexity index is 442. The van der Waals surface area contributed by atoms with E-state index in [0.29, 0.717) is 5.82 Å². The van der Waals surface area contributed by atoms with Gasteiger partial charge in [-0.2, -0.15) is 4.39 Å². The Kier molecular flexibility index (Phi) is 3.09. The Balaban J connectivity index is 2.13. The van der Waals surface area contributed by atoms with Gasteiger partial charge in [-0.3, -0.25) is 0 Å². The smallest absolute Gasteiger partial charge is 0.217 e. The zero-order valence-electron chi connectivity index (χ0n) is 8.81. The standard InChI is InChI=1S/C10H12FN5/c1-2-7(10-12-3-4-13-10)16-9-5-8(11)14-6-15-9/h3-7H,2H2,1H3,(H,12,13)(H,14,15,16). The highest BCUT2D eigenvalue weighted by molar-refractivity contribution is 5.34. The molecule has 2 aromatic heterocycles. The Hall–Kier alpha value is -1.98. The Morgan fingerprint density at radius 3 is 2.94 bits per heavy atom. The molecule has 0 saturated heterocycles. The minimum atomic E-state index is -0.549. The first-order valence-corrected chi connectivity index (χ1v) is 5.03. The van der Waals surface area contributed by atoms with Crippen molar-refractivity contribution in [1.29, 1.82) is 0 Å². The lowest BCUT2D eigenvalue weighted by molar-refractivity contribution is 0.578. The first-order chi connectivity index (χ1) is 7.79. The van der Waals surface area contributed by atoms with E-state index < -0.39 is 5.95 Å². The molecule has 0 aliphatic heterocycles. The van der Waals surface area contributed by atoms with Crippen LogP contribution in [0, 0.1) is 5.95 Å². The maximum atomic E-state index is 12.8. The maximum Gasteiger partial charge on any atom is 0.217 e. The number of hydrogen-bond acceptors (Lipinski definition) is 4. The van der Waals surface area contributed by atoms with Crippen molar-refractivity contribution in [3.63, 3.8) is 0 Å². The second kappa shape index (κ2) is 4.69. The molecule has 0 bridgehead atoms. The van der Waals surface area contributed by atoms with Gasteiger partial charge < -0.3 is 10.3 Å². The zero-order chi connectivity index (χ0) is 11.4. The second-order valence-electron chi connectivity index (χ2n) is 3.31. The summed E-state index contributed by atoms with van der Waals surface area (Å²) in [7, 11) is 0. The molecule has 2 aromatic rings. The van der Waals surface area contributed by atoms with Gasteiger partial charge in [0.15, 0.2) is 0 Å². The van der Waals surface area contributed by atoms with Gasteiger partial charge in [-0.1, -0.05) is 6.92 Å². The summed E-state index contributed by atoms with van der Waals surface area (Å²) in [4.78, 5) is 14.5. The lowest BCUT2D eigenvalue weighted by Crippen LogP contribution is -2.12. The summed E-state index contributed by atoms with van der Waals surface area (Å²) in [6, 6.07) is 1.25. The largest absolute Gasteiger partial charge is 0.360 e. The first-order valence-electron chi connectivity index (χ1n) is 5.03. The van der Waals surface area contributed by atoms with Gasteiger partial charge in [0.2, 0.25) is 5.95 Å². The summed E-state index contributed by atoms with van der Waals surface area (Å²) in [6.45, 7) is 2.01. The van der Waals surface area contributed by atoms with Crippen LogP contribution in [0.25, 0.3) is 0 Å². The maximum absolute atomic E-state index is 12.8. The molecule has 1 unspecified atom stereocenters. The van der Waals surface area contributed by atoms with Gasteiger partial charge in [0.05, 0.1) is 6.04 Å². The number of nitrogens with zero attached hydrogens (tertiary/aromatic N) is 3. The van der Waals surface area contributed by atoms with E-state index in [4.69, 9.17) is 0 Å². The third-order valence-electron chi connectivity index (χ3n) is 2.21. The quantitative estimate of drug-likeness (QED) is 0.774. The number of imidazole rings is 1. The van der Waals surface area contributed by atoms with Gasteiger partial charge in [0.1, 0.15) is 18.0 Å². The molecule has 2 rings (SSSR count). The van der Waals surface area contributed by atoms with Crippen LogP contribution in [-0.4, -0.2) is 19.9 Å². The molecule has 84 valence electrons. The lowest BCUT2D eigenvalue weighted by Gasteiger charge is -2.14. The van der Waals surface area contributed by atoms with Crippen molar-refractivity contribution in [1.82, 2.24) is 19.9 Å². The van der Waals surface area contributed by atoms with E-state index in [9.17, 15) is 4.39 Å². The predicted octanol–water partition coefficient (Wildman–Crippen LogP) is 1.90. The first kappa shape index (κ1) is 10.5. The molecule has 0 amide bonds. The molecule has 0 aliphatic rings. The summed E-state index contributed by atoms with van der Waals surface area (Å²) in [5, 5.41) is 3.09. The SMILES string of the molecule is CCC(Nc1cc(F)ncn1)c1ncc[nH]1. The monoisotopic (exact) mass is 221 g/mol. The molecule has 2 heterocycles. The fourth-order valence-corrected chi connectivity index (χ4v) is 1.42. The molecular formula is C10H12FN5. The van der Waals surface area contributed by atoms with Crippen LogP contribution in [0.2, 0.25) is 0 Å². The van der Waals surface area contributed by atoms with Crippen molar-refractivity contribution in [2.45, 2.75) is 19.4 Å². The highest BCUT2D eigenvalue weighted by Crippen LogP contribution is 2.17. The number of halogens is 1. The molecular weight excluding hydrogens is 209 g/mol. The minimum absolute atomic E-state index is 0.00991. The van der Waals surface area contributed by atoms with Crippen LogP contribution in [0.15, 0.2) is 24.8 Å². The number of aromatic amines is 1. The van der Waals surface area contributed by atoms with Gasteiger partial charge in [-0.15, -0.1) is 0 Å². The number of H-pyrrole nitrogens is 1. The highest BCUT2D eigenvalue weighted by atomic mass is 19.1. The lowest BCUT2D eigenvalue weighted by atomic mass is 10.2. The van der Waals surface area contributed by atoms with Gasteiger partial charge in [0, 0.05) is 18.5 Å². The molecule has 0 fully saturated rings. The molecule has 0 saturated carbocycles. The topological polar surface area (TPSA) is 66.5 Å². The third-order valence-corrected chi connectivity index (χ3v) is 2.21. The van der Waals surface area contributed by atoms with Crippen LogP contribution in [-0.2, 0) is 0 Å². The van der Waals surface area contributed by atoms with E-state index in [-0.39, 0.29) is 6.04 Å². The second-order valence-corrected chi connectivity index (χ2v) is 3.31. The third kappa shape index (κ3) is 2.33. The number of anilines is 1. The molecule has 0 radical (unpaired) electrons. The number of hydrogen-bond donors (Lipinski definition) is 2. The predicted molar refractivity (Wildman–Crippen MR) is 57.2 cm³/mol. The van der Waals surface area contributed by atoms with E-state index in [1.807, 2.05) is 6.92 Å². The number of nitrogens with one attached hydrogen (secondary N) is 2. The Labute approximate surface area is 92.2 Å². The summed E-state index contributed by atoms with van der Waals surface area (Å²) in [6.07, 6.45) is 5.44. The van der Waals surface area contributed by atoms with E-state index in [1.165, 1.54) is 12.4 Å². The van der Waals surface area contributed by atoms with Crippen LogP contribution >= 0.6 is 0 Å². The fourth-order valence-electron chi connectivity index (χ4n) is 1.42. The zero-order valence-corrected chi connectivity index (χ0v) is 8.81. The van der Waals surface area contributed by atoms with Crippen molar-refractivity contribution >= 4 is 5.82 Å². The van der Waals surface area contributed by atoms with Gasteiger partial charge in [0.25, 0.3) is 0 Å². The van der Waals surface area contributed by atoms with Crippen molar-refractivity contribution < 1.29 is 4.39 Å². The normalized spacial score (nSPS) is 12.4. The molecule has 0 aromatic carbocycles. The van der Waals surface area contributed by atoms with Crippen LogP contribution in [0.1, 0.15) is 25.2 Å². The Morgan fingerprint density at radius 1 is 1.44 bits per heavy atom. The number of aromatic nitrogens is 4. The molecule has 5 nitrogen and oxygen atoms in total. The summed E-state index contributed by atoms with van der Waals surface area (Å²) < 4.78 is 12.8. The number of rotatable bonds is 4. The van der Waals surface area contributed by atoms with Crippen molar-refractivity contribution in [3.8, 4) is 0 Å².